The fourth-order valence-electron chi connectivity index (χ4n) is 14.3. The lowest BCUT2D eigenvalue weighted by molar-refractivity contribution is 0.0618. The zero-order valence-electron chi connectivity index (χ0n) is 33.9. The van der Waals surface area contributed by atoms with E-state index in [1.807, 2.05) is 0 Å². The summed E-state index contributed by atoms with van der Waals surface area (Å²) in [6, 6.07) is 63.4. The van der Waals surface area contributed by atoms with Gasteiger partial charge in [0.1, 0.15) is 0 Å². The molecular formula is C58H51N. The Morgan fingerprint density at radius 2 is 1.02 bits per heavy atom. The highest BCUT2D eigenvalue weighted by Crippen LogP contribution is 2.68. The van der Waals surface area contributed by atoms with E-state index in [9.17, 15) is 0 Å². The number of anilines is 3. The molecule has 1 heteroatoms. The van der Waals surface area contributed by atoms with Crippen molar-refractivity contribution in [3.8, 4) is 44.5 Å². The number of benzene rings is 7. The molecule has 0 aromatic heterocycles. The SMILES string of the molecule is c1ccc(-c2ccc(N(c3ccc4c(c3)-c3ccccc3C43CCCC3)c3ccc4c(c3)C3(c5ccccc5-4)C4CCC5CC(C4)CC3C5)c(-c3ccccc3)c2)cc1. The first-order chi connectivity index (χ1) is 29.2. The summed E-state index contributed by atoms with van der Waals surface area (Å²) in [5.41, 5.74) is 21.1. The highest BCUT2D eigenvalue weighted by molar-refractivity contribution is 5.94. The van der Waals surface area contributed by atoms with E-state index in [2.05, 4.69) is 169 Å². The van der Waals surface area contributed by atoms with Crippen molar-refractivity contribution in [1.82, 2.24) is 0 Å². The quantitative estimate of drug-likeness (QED) is 0.169. The molecule has 7 aliphatic rings. The van der Waals surface area contributed by atoms with Crippen molar-refractivity contribution in [2.45, 2.75) is 75.0 Å². The predicted molar refractivity (Wildman–Crippen MR) is 245 cm³/mol. The van der Waals surface area contributed by atoms with Crippen molar-refractivity contribution in [2.24, 2.45) is 23.7 Å². The molecule has 7 aromatic carbocycles. The lowest BCUT2D eigenvalue weighted by Crippen LogP contribution is -2.48. The van der Waals surface area contributed by atoms with Crippen LogP contribution in [0.1, 0.15) is 86.5 Å². The number of hydrogen-bond donors (Lipinski definition) is 0. The summed E-state index contributed by atoms with van der Waals surface area (Å²) in [5.74, 6) is 3.21. The number of fused-ring (bicyclic) bond motifs is 9. The van der Waals surface area contributed by atoms with E-state index >= 15 is 0 Å². The summed E-state index contributed by atoms with van der Waals surface area (Å²) in [5, 5.41) is 0. The van der Waals surface area contributed by atoms with Crippen molar-refractivity contribution in [1.29, 1.82) is 0 Å². The van der Waals surface area contributed by atoms with Gasteiger partial charge in [-0.15, -0.1) is 0 Å². The van der Waals surface area contributed by atoms with Gasteiger partial charge < -0.3 is 4.90 Å². The Kier molecular flexibility index (Phi) is 7.49. The molecule has 0 aliphatic heterocycles. The Hall–Kier alpha value is -5.66. The molecule has 0 N–H and O–H groups in total. The Balaban J connectivity index is 1.06. The molecule has 5 fully saturated rings. The van der Waals surface area contributed by atoms with Gasteiger partial charge in [0.2, 0.25) is 0 Å². The average Bonchev–Trinajstić information content (AvgIpc) is 3.93. The summed E-state index contributed by atoms with van der Waals surface area (Å²) >= 11 is 0. The molecule has 0 saturated heterocycles. The van der Waals surface area contributed by atoms with Crippen molar-refractivity contribution < 1.29 is 0 Å². The van der Waals surface area contributed by atoms with Crippen LogP contribution in [0.4, 0.5) is 17.1 Å². The van der Waals surface area contributed by atoms with Gasteiger partial charge in [0.15, 0.2) is 0 Å². The maximum Gasteiger partial charge on any atom is 0.0540 e. The van der Waals surface area contributed by atoms with Crippen LogP contribution in [-0.4, -0.2) is 0 Å². The molecule has 5 atom stereocenters. The van der Waals surface area contributed by atoms with Gasteiger partial charge in [0, 0.05) is 27.8 Å². The fourth-order valence-corrected chi connectivity index (χ4v) is 14.3. The van der Waals surface area contributed by atoms with Crippen molar-refractivity contribution in [3.63, 3.8) is 0 Å². The van der Waals surface area contributed by atoms with Crippen LogP contribution in [0.25, 0.3) is 44.5 Å². The second-order valence-electron chi connectivity index (χ2n) is 19.2. The van der Waals surface area contributed by atoms with Crippen LogP contribution >= 0.6 is 0 Å². The third-order valence-corrected chi connectivity index (χ3v) is 16.5. The van der Waals surface area contributed by atoms with E-state index in [0.29, 0.717) is 11.8 Å². The maximum atomic E-state index is 2.69. The van der Waals surface area contributed by atoms with E-state index in [1.165, 1.54) is 131 Å². The van der Waals surface area contributed by atoms with Crippen molar-refractivity contribution >= 4 is 17.1 Å². The minimum Gasteiger partial charge on any atom is -0.310 e. The van der Waals surface area contributed by atoms with Crippen LogP contribution in [0.2, 0.25) is 0 Å². The van der Waals surface area contributed by atoms with E-state index < -0.39 is 0 Å². The fraction of sp³-hybridized carbons (Fsp3) is 0.276. The van der Waals surface area contributed by atoms with E-state index in [-0.39, 0.29) is 10.8 Å². The monoisotopic (exact) mass is 761 g/mol. The molecule has 5 unspecified atom stereocenters. The minimum atomic E-state index is 0.0877. The highest BCUT2D eigenvalue weighted by atomic mass is 15.1. The van der Waals surface area contributed by atoms with Crippen LogP contribution < -0.4 is 4.90 Å². The summed E-state index contributed by atoms with van der Waals surface area (Å²) in [7, 11) is 0. The molecule has 2 spiro atoms. The van der Waals surface area contributed by atoms with Crippen molar-refractivity contribution in [2.75, 3.05) is 4.90 Å². The number of nitrogens with zero attached hydrogens (tertiary/aromatic N) is 1. The largest absolute Gasteiger partial charge is 0.310 e. The molecule has 4 bridgehead atoms. The minimum absolute atomic E-state index is 0.0877. The topological polar surface area (TPSA) is 3.24 Å². The standard InChI is InChI=1S/C58H51N/c1-3-13-40(14-4-1)42-22-28-56(50(35-42)41-15-5-2-6-16-41)59(45-25-27-53-51(36-45)48-18-7-9-19-52(48)57(53)29-11-12-30-57)46-24-26-49-47-17-8-10-20-54(47)58(55(49)37-46)43-23-21-38-31-39(33-43)34-44(58)32-38/h1-10,13-20,22,24-28,35-39,43-44H,11-12,21,23,29-34H2. The third kappa shape index (κ3) is 4.85. The van der Waals surface area contributed by atoms with Gasteiger partial charge in [-0.05, 0) is 166 Å². The predicted octanol–water partition coefficient (Wildman–Crippen LogP) is 15.4. The Morgan fingerprint density at radius 3 is 1.83 bits per heavy atom. The highest BCUT2D eigenvalue weighted by Gasteiger charge is 2.59. The molecule has 7 aromatic rings. The van der Waals surface area contributed by atoms with Gasteiger partial charge >= 0.3 is 0 Å². The van der Waals surface area contributed by atoms with Crippen LogP contribution in [0, 0.1) is 23.7 Å². The zero-order valence-corrected chi connectivity index (χ0v) is 33.9. The van der Waals surface area contributed by atoms with E-state index in [1.54, 1.807) is 16.7 Å². The normalized spacial score (nSPS) is 24.8. The smallest absolute Gasteiger partial charge is 0.0540 e. The lowest BCUT2D eigenvalue weighted by atomic mass is 9.51. The number of rotatable bonds is 5. The zero-order chi connectivity index (χ0) is 38.7. The van der Waals surface area contributed by atoms with Gasteiger partial charge in [0.05, 0.1) is 5.69 Å². The molecule has 59 heavy (non-hydrogen) atoms. The Bertz CT molecular complexity index is 2760. The van der Waals surface area contributed by atoms with Gasteiger partial charge in [-0.2, -0.15) is 0 Å². The molecule has 0 amide bonds. The molecule has 0 radical (unpaired) electrons. The summed E-state index contributed by atoms with van der Waals surface area (Å²) in [4.78, 5) is 2.64. The first-order valence-electron chi connectivity index (χ1n) is 22.7. The van der Waals surface area contributed by atoms with Gasteiger partial charge in [-0.25, -0.2) is 0 Å². The molecular weight excluding hydrogens is 711 g/mol. The lowest BCUT2D eigenvalue weighted by Gasteiger charge is -2.53. The Labute approximate surface area is 349 Å². The first kappa shape index (κ1) is 34.2. The van der Waals surface area contributed by atoms with Crippen LogP contribution in [0.3, 0.4) is 0 Å². The molecule has 1 nitrogen and oxygen atoms in total. The van der Waals surface area contributed by atoms with Gasteiger partial charge in [0.25, 0.3) is 0 Å². The van der Waals surface area contributed by atoms with E-state index in [0.717, 1.165) is 11.8 Å². The van der Waals surface area contributed by atoms with Crippen LogP contribution in [0.15, 0.2) is 164 Å². The molecule has 0 heterocycles. The second kappa shape index (κ2) is 12.9. The Morgan fingerprint density at radius 1 is 0.390 bits per heavy atom. The summed E-state index contributed by atoms with van der Waals surface area (Å²) in [6.45, 7) is 0. The number of hydrogen-bond acceptors (Lipinski definition) is 1. The van der Waals surface area contributed by atoms with Crippen LogP contribution in [-0.2, 0) is 10.8 Å². The van der Waals surface area contributed by atoms with Crippen molar-refractivity contribution in [3.05, 3.63) is 186 Å². The molecule has 7 aliphatic carbocycles. The molecule has 14 rings (SSSR count). The van der Waals surface area contributed by atoms with Gasteiger partial charge in [-0.3, -0.25) is 0 Å². The molecule has 5 saturated carbocycles. The second-order valence-corrected chi connectivity index (χ2v) is 19.2. The third-order valence-electron chi connectivity index (χ3n) is 16.5. The summed E-state index contributed by atoms with van der Waals surface area (Å²) in [6.07, 6.45) is 13.5. The van der Waals surface area contributed by atoms with E-state index in [4.69, 9.17) is 0 Å². The van der Waals surface area contributed by atoms with Gasteiger partial charge in [-0.1, -0.05) is 147 Å². The molecule has 288 valence electrons. The average molecular weight is 762 g/mol. The summed E-state index contributed by atoms with van der Waals surface area (Å²) < 4.78 is 0. The first-order valence-corrected chi connectivity index (χ1v) is 22.7. The van der Waals surface area contributed by atoms with Crippen LogP contribution in [0.5, 0.6) is 0 Å². The maximum absolute atomic E-state index is 2.69.